The Kier molecular flexibility index (Phi) is 7.30. The van der Waals surface area contributed by atoms with E-state index in [1.165, 1.54) is 38.4 Å². The Balaban J connectivity index is 1.98. The van der Waals surface area contributed by atoms with Crippen molar-refractivity contribution in [3.8, 4) is 0 Å². The van der Waals surface area contributed by atoms with Gasteiger partial charge in [0.2, 0.25) is 15.9 Å². The number of benzene rings is 2. The molecule has 10 heteroatoms. The lowest BCUT2D eigenvalue weighted by Gasteiger charge is -2.11. The first-order valence-corrected chi connectivity index (χ1v) is 10.7. The Morgan fingerprint density at radius 3 is 2.30 bits per heavy atom. The first-order chi connectivity index (χ1) is 12.6. The van der Waals surface area contributed by atoms with E-state index in [0.29, 0.717) is 14.9 Å². The molecule has 0 radical (unpaired) electrons. The smallest absolute Gasteiger partial charge is 0.257 e. The molecule has 0 atom stereocenters. The standard InChI is InChI=1S/C17H16Cl2N2O4S2/c1-21(2)27(24,25)13-6-3-11(4-7-13)17(23)20-16(22)10-26-15-9-12(18)5-8-14(15)19/h3-9H,10H2,1-2H3,(H,20,22,23). The van der Waals surface area contributed by atoms with Crippen molar-refractivity contribution in [2.45, 2.75) is 9.79 Å². The highest BCUT2D eigenvalue weighted by Crippen LogP contribution is 2.29. The summed E-state index contributed by atoms with van der Waals surface area (Å²) < 4.78 is 25.1. The lowest BCUT2D eigenvalue weighted by molar-refractivity contribution is -0.117. The van der Waals surface area contributed by atoms with Crippen LogP contribution in [0.2, 0.25) is 10.0 Å². The van der Waals surface area contributed by atoms with Crippen LogP contribution in [0.3, 0.4) is 0 Å². The Morgan fingerprint density at radius 2 is 1.70 bits per heavy atom. The van der Waals surface area contributed by atoms with Crippen molar-refractivity contribution in [3.63, 3.8) is 0 Å². The molecular weight excluding hydrogens is 431 g/mol. The molecule has 0 saturated heterocycles. The van der Waals surface area contributed by atoms with E-state index in [4.69, 9.17) is 23.2 Å². The zero-order valence-electron chi connectivity index (χ0n) is 14.4. The van der Waals surface area contributed by atoms with E-state index in [9.17, 15) is 18.0 Å². The quantitative estimate of drug-likeness (QED) is 0.688. The van der Waals surface area contributed by atoms with Crippen molar-refractivity contribution in [1.29, 1.82) is 0 Å². The number of thioether (sulfide) groups is 1. The van der Waals surface area contributed by atoms with Gasteiger partial charge in [-0.05, 0) is 42.5 Å². The minimum Gasteiger partial charge on any atom is -0.292 e. The minimum absolute atomic E-state index is 0.0289. The maximum Gasteiger partial charge on any atom is 0.257 e. The number of nitrogens with zero attached hydrogens (tertiary/aromatic N) is 1. The fraction of sp³-hybridized carbons (Fsp3) is 0.176. The van der Waals surface area contributed by atoms with Crippen molar-refractivity contribution in [2.24, 2.45) is 0 Å². The van der Waals surface area contributed by atoms with Crippen LogP contribution < -0.4 is 5.32 Å². The predicted molar refractivity (Wildman–Crippen MR) is 107 cm³/mol. The molecule has 0 fully saturated rings. The first kappa shape index (κ1) is 21.7. The van der Waals surface area contributed by atoms with E-state index >= 15 is 0 Å². The highest BCUT2D eigenvalue weighted by Gasteiger charge is 2.18. The molecule has 2 rings (SSSR count). The van der Waals surface area contributed by atoms with Gasteiger partial charge in [-0.1, -0.05) is 23.2 Å². The van der Waals surface area contributed by atoms with Gasteiger partial charge in [-0.3, -0.25) is 14.9 Å². The van der Waals surface area contributed by atoms with Crippen LogP contribution in [0.5, 0.6) is 0 Å². The fourth-order valence-corrected chi connectivity index (χ4v) is 4.15. The number of rotatable bonds is 6. The normalized spacial score (nSPS) is 11.4. The molecule has 2 aromatic rings. The van der Waals surface area contributed by atoms with Crippen molar-refractivity contribution >= 4 is 56.8 Å². The average molecular weight is 447 g/mol. The summed E-state index contributed by atoms with van der Waals surface area (Å²) in [4.78, 5) is 24.8. The number of carbonyl (C=O) groups excluding carboxylic acids is 2. The Hall–Kier alpha value is -1.58. The molecule has 2 aromatic carbocycles. The van der Waals surface area contributed by atoms with Gasteiger partial charge < -0.3 is 0 Å². The first-order valence-electron chi connectivity index (χ1n) is 7.56. The Morgan fingerprint density at radius 1 is 1.07 bits per heavy atom. The topological polar surface area (TPSA) is 83.6 Å². The van der Waals surface area contributed by atoms with E-state index in [-0.39, 0.29) is 16.2 Å². The maximum absolute atomic E-state index is 12.1. The zero-order chi connectivity index (χ0) is 20.2. The number of halogens is 2. The lowest BCUT2D eigenvalue weighted by Crippen LogP contribution is -2.31. The molecule has 0 spiro atoms. The molecule has 0 aliphatic carbocycles. The van der Waals surface area contributed by atoms with Crippen LogP contribution in [0.25, 0.3) is 0 Å². The summed E-state index contributed by atoms with van der Waals surface area (Å²) in [6.45, 7) is 0. The summed E-state index contributed by atoms with van der Waals surface area (Å²) in [5.41, 5.74) is 0.173. The number of carbonyl (C=O) groups is 2. The van der Waals surface area contributed by atoms with Gasteiger partial charge in [0.05, 0.1) is 15.7 Å². The second-order valence-corrected chi connectivity index (χ2v) is 9.57. The third-order valence-corrected chi connectivity index (χ3v) is 6.96. The third kappa shape index (κ3) is 5.70. The molecule has 0 aliphatic rings. The highest BCUT2D eigenvalue weighted by molar-refractivity contribution is 8.00. The second-order valence-electron chi connectivity index (χ2n) is 5.55. The number of hydrogen-bond donors (Lipinski definition) is 1. The molecule has 0 bridgehead atoms. The molecule has 27 heavy (non-hydrogen) atoms. The van der Waals surface area contributed by atoms with Crippen molar-refractivity contribution in [3.05, 3.63) is 58.1 Å². The monoisotopic (exact) mass is 446 g/mol. The van der Waals surface area contributed by atoms with E-state index in [2.05, 4.69) is 5.32 Å². The van der Waals surface area contributed by atoms with Crippen LogP contribution in [0.4, 0.5) is 0 Å². The van der Waals surface area contributed by atoms with Gasteiger partial charge in [-0.25, -0.2) is 12.7 Å². The molecular formula is C17H16Cl2N2O4S2. The molecule has 2 amide bonds. The van der Waals surface area contributed by atoms with Crippen LogP contribution in [0.1, 0.15) is 10.4 Å². The van der Waals surface area contributed by atoms with Crippen molar-refractivity contribution in [2.75, 3.05) is 19.8 Å². The second kappa shape index (κ2) is 9.07. The summed E-state index contributed by atoms with van der Waals surface area (Å²) in [7, 11) is -0.751. The number of sulfonamides is 1. The number of imide groups is 1. The maximum atomic E-state index is 12.1. The summed E-state index contributed by atoms with van der Waals surface area (Å²) in [6, 6.07) is 10.2. The molecule has 0 saturated carbocycles. The van der Waals surface area contributed by atoms with Gasteiger partial charge in [0.1, 0.15) is 0 Å². The number of nitrogens with one attached hydrogen (secondary N) is 1. The van der Waals surface area contributed by atoms with Gasteiger partial charge in [-0.15, -0.1) is 11.8 Å². The molecule has 6 nitrogen and oxygen atoms in total. The van der Waals surface area contributed by atoms with Crippen LogP contribution in [-0.2, 0) is 14.8 Å². The minimum atomic E-state index is -3.58. The molecule has 0 aromatic heterocycles. The average Bonchev–Trinajstić information content (AvgIpc) is 2.62. The largest absolute Gasteiger partial charge is 0.292 e. The number of amides is 2. The fourth-order valence-electron chi connectivity index (χ4n) is 1.96. The van der Waals surface area contributed by atoms with E-state index in [0.717, 1.165) is 16.1 Å². The van der Waals surface area contributed by atoms with Gasteiger partial charge >= 0.3 is 0 Å². The molecule has 0 heterocycles. The Bertz CT molecular complexity index is 961. The van der Waals surface area contributed by atoms with Gasteiger partial charge in [0.25, 0.3) is 5.91 Å². The highest BCUT2D eigenvalue weighted by atomic mass is 35.5. The number of hydrogen-bond acceptors (Lipinski definition) is 5. The molecule has 0 aliphatic heterocycles. The van der Waals surface area contributed by atoms with Gasteiger partial charge in [-0.2, -0.15) is 0 Å². The lowest BCUT2D eigenvalue weighted by atomic mass is 10.2. The van der Waals surface area contributed by atoms with Crippen LogP contribution in [-0.4, -0.2) is 44.4 Å². The SMILES string of the molecule is CN(C)S(=O)(=O)c1ccc(C(=O)NC(=O)CSc2cc(Cl)ccc2Cl)cc1. The van der Waals surface area contributed by atoms with Crippen LogP contribution >= 0.6 is 35.0 Å². The zero-order valence-corrected chi connectivity index (χ0v) is 17.5. The summed E-state index contributed by atoms with van der Waals surface area (Å²) in [6.07, 6.45) is 0. The summed E-state index contributed by atoms with van der Waals surface area (Å²) in [5.74, 6) is -1.16. The van der Waals surface area contributed by atoms with Crippen LogP contribution in [0.15, 0.2) is 52.3 Å². The molecule has 1 N–H and O–H groups in total. The van der Waals surface area contributed by atoms with Gasteiger partial charge in [0.15, 0.2) is 0 Å². The molecule has 0 unspecified atom stereocenters. The van der Waals surface area contributed by atoms with Crippen LogP contribution in [0, 0.1) is 0 Å². The van der Waals surface area contributed by atoms with Crippen molar-refractivity contribution < 1.29 is 18.0 Å². The molecule has 144 valence electrons. The van der Waals surface area contributed by atoms with E-state index in [1.807, 2.05) is 0 Å². The predicted octanol–water partition coefficient (Wildman–Crippen LogP) is 3.29. The summed E-state index contributed by atoms with van der Waals surface area (Å²) >= 11 is 13.1. The van der Waals surface area contributed by atoms with E-state index < -0.39 is 21.8 Å². The van der Waals surface area contributed by atoms with Gasteiger partial charge in [0, 0.05) is 29.6 Å². The third-order valence-electron chi connectivity index (χ3n) is 3.40. The van der Waals surface area contributed by atoms with E-state index in [1.54, 1.807) is 18.2 Å². The Labute approximate surface area is 171 Å². The van der Waals surface area contributed by atoms with Crippen molar-refractivity contribution in [1.82, 2.24) is 9.62 Å². The summed E-state index contributed by atoms with van der Waals surface area (Å²) in [5, 5.41) is 3.20.